The van der Waals surface area contributed by atoms with Crippen LogP contribution in [0.5, 0.6) is 5.75 Å². The summed E-state index contributed by atoms with van der Waals surface area (Å²) < 4.78 is 5.62. The van der Waals surface area contributed by atoms with Crippen LogP contribution in [0, 0.1) is 0 Å². The molecule has 0 aliphatic heterocycles. The van der Waals surface area contributed by atoms with Crippen LogP contribution < -0.4 is 10.5 Å². The smallest absolute Gasteiger partial charge is 0.139 e. The first-order valence-electron chi connectivity index (χ1n) is 5.41. The second-order valence-electron chi connectivity index (χ2n) is 3.72. The fraction of sp³-hybridized carbons (Fsp3) is 0.154. The van der Waals surface area contributed by atoms with Crippen LogP contribution in [0.4, 0.5) is 0 Å². The molecule has 2 aromatic rings. The third-order valence-corrected chi connectivity index (χ3v) is 2.93. The van der Waals surface area contributed by atoms with E-state index < -0.39 is 0 Å². The van der Waals surface area contributed by atoms with Crippen LogP contribution in [-0.2, 0) is 13.2 Å². The molecule has 0 spiro atoms. The zero-order valence-corrected chi connectivity index (χ0v) is 11.1. The van der Waals surface area contributed by atoms with Crippen molar-refractivity contribution in [3.05, 3.63) is 57.8 Å². The number of ether oxygens (including phenoxy) is 1. The summed E-state index contributed by atoms with van der Waals surface area (Å²) in [5.41, 5.74) is 7.34. The maximum Gasteiger partial charge on any atom is 0.139 e. The molecule has 2 rings (SSSR count). The van der Waals surface area contributed by atoms with Crippen molar-refractivity contribution in [2.24, 2.45) is 5.73 Å². The number of rotatable bonds is 4. The minimum Gasteiger partial charge on any atom is -0.487 e. The summed E-state index contributed by atoms with van der Waals surface area (Å²) >= 11 is 11.9. The molecule has 0 atom stereocenters. The Hall–Kier alpha value is -1.29. The highest BCUT2D eigenvalue weighted by atomic mass is 35.5. The van der Waals surface area contributed by atoms with Gasteiger partial charge >= 0.3 is 0 Å². The van der Waals surface area contributed by atoms with Crippen molar-refractivity contribution in [2.75, 3.05) is 0 Å². The molecule has 0 unspecified atom stereocenters. The number of nitrogens with zero attached hydrogens (tertiary/aromatic N) is 1. The van der Waals surface area contributed by atoms with Gasteiger partial charge in [0.15, 0.2) is 0 Å². The minimum absolute atomic E-state index is 0.398. The molecule has 3 nitrogen and oxygen atoms in total. The summed E-state index contributed by atoms with van der Waals surface area (Å²) in [5, 5.41) is 1.12. The van der Waals surface area contributed by atoms with Crippen LogP contribution >= 0.6 is 23.2 Å². The van der Waals surface area contributed by atoms with Gasteiger partial charge in [-0.2, -0.15) is 0 Å². The summed E-state index contributed by atoms with van der Waals surface area (Å²) in [6.07, 6.45) is 1.71. The Balaban J connectivity index is 2.08. The summed E-state index contributed by atoms with van der Waals surface area (Å²) in [6.45, 7) is 0.807. The molecule has 0 fully saturated rings. The molecule has 2 N–H and O–H groups in total. The molecule has 0 saturated heterocycles. The molecular formula is C13H12Cl2N2O. The molecular weight excluding hydrogens is 271 g/mol. The van der Waals surface area contributed by atoms with Crippen LogP contribution in [0.1, 0.15) is 11.3 Å². The van der Waals surface area contributed by atoms with Crippen molar-refractivity contribution in [2.45, 2.75) is 13.2 Å². The van der Waals surface area contributed by atoms with E-state index >= 15 is 0 Å². The Kier molecular flexibility index (Phi) is 4.42. The maximum atomic E-state index is 6.01. The number of hydrogen-bond donors (Lipinski definition) is 1. The molecule has 18 heavy (non-hydrogen) atoms. The van der Waals surface area contributed by atoms with E-state index in [-0.39, 0.29) is 0 Å². The van der Waals surface area contributed by atoms with Gasteiger partial charge in [-0.3, -0.25) is 4.98 Å². The molecule has 1 aromatic carbocycles. The van der Waals surface area contributed by atoms with E-state index in [1.807, 2.05) is 12.1 Å². The predicted molar refractivity (Wildman–Crippen MR) is 72.9 cm³/mol. The van der Waals surface area contributed by atoms with Crippen molar-refractivity contribution >= 4 is 23.2 Å². The average Bonchev–Trinajstić information content (AvgIpc) is 2.40. The fourth-order valence-electron chi connectivity index (χ4n) is 1.48. The molecule has 0 aliphatic carbocycles. The lowest BCUT2D eigenvalue weighted by Crippen LogP contribution is -2.02. The van der Waals surface area contributed by atoms with E-state index in [1.54, 1.807) is 24.4 Å². The second kappa shape index (κ2) is 6.05. The topological polar surface area (TPSA) is 48.1 Å². The molecule has 1 aromatic heterocycles. The Bertz CT molecular complexity index is 546. The first-order chi connectivity index (χ1) is 8.69. The van der Waals surface area contributed by atoms with Gasteiger partial charge in [-0.1, -0.05) is 23.2 Å². The lowest BCUT2D eigenvalue weighted by atomic mass is 10.2. The molecule has 0 amide bonds. The number of nitrogens with two attached hydrogens (primary N) is 1. The standard InChI is InChI=1S/C13H12Cl2N2O/c14-10-1-2-12(15)13(6-10)18-8-9-3-4-17-11(5-9)7-16/h1-6H,7-8,16H2. The van der Waals surface area contributed by atoms with Gasteiger partial charge in [-0.15, -0.1) is 0 Å². The number of hydrogen-bond acceptors (Lipinski definition) is 3. The van der Waals surface area contributed by atoms with Gasteiger partial charge in [0.1, 0.15) is 12.4 Å². The zero-order chi connectivity index (χ0) is 13.0. The van der Waals surface area contributed by atoms with Gasteiger partial charge in [0, 0.05) is 23.8 Å². The largest absolute Gasteiger partial charge is 0.487 e. The van der Waals surface area contributed by atoms with Gasteiger partial charge in [0.25, 0.3) is 0 Å². The van der Waals surface area contributed by atoms with E-state index in [1.165, 1.54) is 0 Å². The molecule has 0 aliphatic rings. The molecule has 94 valence electrons. The molecule has 0 saturated carbocycles. The van der Waals surface area contributed by atoms with Crippen LogP contribution in [0.25, 0.3) is 0 Å². The third kappa shape index (κ3) is 3.35. The Morgan fingerprint density at radius 3 is 2.78 bits per heavy atom. The summed E-state index contributed by atoms with van der Waals surface area (Å²) in [7, 11) is 0. The van der Waals surface area contributed by atoms with Crippen LogP contribution in [-0.4, -0.2) is 4.98 Å². The van der Waals surface area contributed by atoms with E-state index in [9.17, 15) is 0 Å². The summed E-state index contributed by atoms with van der Waals surface area (Å²) in [5.74, 6) is 0.565. The SMILES string of the molecule is NCc1cc(COc2cc(Cl)ccc2Cl)ccn1. The van der Waals surface area contributed by atoms with E-state index in [2.05, 4.69) is 4.98 Å². The van der Waals surface area contributed by atoms with Gasteiger partial charge in [0.05, 0.1) is 10.7 Å². The normalized spacial score (nSPS) is 10.4. The molecule has 0 bridgehead atoms. The quantitative estimate of drug-likeness (QED) is 0.935. The van der Waals surface area contributed by atoms with Crippen molar-refractivity contribution < 1.29 is 4.74 Å². The highest BCUT2D eigenvalue weighted by molar-refractivity contribution is 6.34. The van der Waals surface area contributed by atoms with E-state index in [0.29, 0.717) is 28.9 Å². The van der Waals surface area contributed by atoms with Crippen molar-refractivity contribution in [3.63, 3.8) is 0 Å². The average molecular weight is 283 g/mol. The van der Waals surface area contributed by atoms with E-state index in [4.69, 9.17) is 33.7 Å². The lowest BCUT2D eigenvalue weighted by Gasteiger charge is -2.09. The maximum absolute atomic E-state index is 6.01. The number of pyridine rings is 1. The van der Waals surface area contributed by atoms with Gasteiger partial charge in [0.2, 0.25) is 0 Å². The highest BCUT2D eigenvalue weighted by Gasteiger charge is 2.03. The van der Waals surface area contributed by atoms with Crippen LogP contribution in [0.2, 0.25) is 10.0 Å². The third-order valence-electron chi connectivity index (χ3n) is 2.38. The van der Waals surface area contributed by atoms with Gasteiger partial charge in [-0.25, -0.2) is 0 Å². The number of aromatic nitrogens is 1. The Morgan fingerprint density at radius 1 is 1.17 bits per heavy atom. The van der Waals surface area contributed by atoms with Crippen molar-refractivity contribution in [1.29, 1.82) is 0 Å². The van der Waals surface area contributed by atoms with Gasteiger partial charge in [-0.05, 0) is 29.8 Å². The summed E-state index contributed by atoms with van der Waals surface area (Å²) in [6, 6.07) is 8.89. The first kappa shape index (κ1) is 13.1. The van der Waals surface area contributed by atoms with Crippen molar-refractivity contribution in [1.82, 2.24) is 4.98 Å². The Morgan fingerprint density at radius 2 is 2.00 bits per heavy atom. The first-order valence-corrected chi connectivity index (χ1v) is 6.16. The lowest BCUT2D eigenvalue weighted by molar-refractivity contribution is 0.306. The monoisotopic (exact) mass is 282 g/mol. The van der Waals surface area contributed by atoms with Crippen LogP contribution in [0.3, 0.4) is 0 Å². The second-order valence-corrected chi connectivity index (χ2v) is 4.57. The fourth-order valence-corrected chi connectivity index (χ4v) is 1.81. The van der Waals surface area contributed by atoms with Gasteiger partial charge < -0.3 is 10.5 Å². The van der Waals surface area contributed by atoms with Crippen LogP contribution in [0.15, 0.2) is 36.5 Å². The molecule has 1 heterocycles. The van der Waals surface area contributed by atoms with Crippen molar-refractivity contribution in [3.8, 4) is 5.75 Å². The predicted octanol–water partition coefficient (Wildman–Crippen LogP) is 3.43. The number of benzene rings is 1. The zero-order valence-electron chi connectivity index (χ0n) is 9.57. The molecule has 5 heteroatoms. The number of halogens is 2. The highest BCUT2D eigenvalue weighted by Crippen LogP contribution is 2.28. The molecule has 0 radical (unpaired) electrons. The van der Waals surface area contributed by atoms with E-state index in [0.717, 1.165) is 11.3 Å². The minimum atomic E-state index is 0.398. The Labute approximate surface area is 115 Å². The summed E-state index contributed by atoms with van der Waals surface area (Å²) in [4.78, 5) is 4.12.